The van der Waals surface area contributed by atoms with Gasteiger partial charge in [-0.25, -0.2) is 9.36 Å². The van der Waals surface area contributed by atoms with E-state index in [2.05, 4.69) is 5.32 Å². The van der Waals surface area contributed by atoms with Gasteiger partial charge in [0.05, 0.1) is 5.69 Å². The van der Waals surface area contributed by atoms with Crippen molar-refractivity contribution in [2.45, 2.75) is 34.2 Å². The van der Waals surface area contributed by atoms with Crippen LogP contribution in [0.1, 0.15) is 23.6 Å². The summed E-state index contributed by atoms with van der Waals surface area (Å²) in [6.07, 6.45) is 0. The minimum atomic E-state index is -0.680. The van der Waals surface area contributed by atoms with Gasteiger partial charge in [0.1, 0.15) is 17.3 Å². The summed E-state index contributed by atoms with van der Waals surface area (Å²) in [5, 5.41) is 4.24. The molecule has 0 aliphatic heterocycles. The molecule has 0 spiro atoms. The minimum Gasteiger partial charge on any atom is -0.483 e. The van der Waals surface area contributed by atoms with Crippen molar-refractivity contribution < 1.29 is 9.53 Å². The van der Waals surface area contributed by atoms with E-state index in [-0.39, 0.29) is 24.7 Å². The van der Waals surface area contributed by atoms with Gasteiger partial charge < -0.3 is 21.5 Å². The molecule has 3 aromatic carbocycles. The number of ether oxygens (including phenoxy) is 1. The topological polar surface area (TPSA) is 134 Å². The maximum absolute atomic E-state index is 13.3. The van der Waals surface area contributed by atoms with Crippen LogP contribution in [0.15, 0.2) is 58.1 Å². The highest BCUT2D eigenvalue weighted by Gasteiger charge is 2.21. The van der Waals surface area contributed by atoms with Crippen LogP contribution in [0.25, 0.3) is 16.5 Å². The molecule has 0 bridgehead atoms. The molecule has 0 saturated carbocycles. The van der Waals surface area contributed by atoms with Crippen LogP contribution in [0.3, 0.4) is 0 Å². The maximum Gasteiger partial charge on any atom is 0.337 e. The third-order valence-electron chi connectivity index (χ3n) is 6.43. The van der Waals surface area contributed by atoms with Crippen LogP contribution in [-0.4, -0.2) is 21.6 Å². The number of aromatic nitrogens is 2. The number of nitrogens with two attached hydrogens (primary N) is 2. The molecule has 1 amide bonds. The van der Waals surface area contributed by atoms with Gasteiger partial charge in [-0.15, -0.1) is 0 Å². The summed E-state index contributed by atoms with van der Waals surface area (Å²) >= 11 is 0. The van der Waals surface area contributed by atoms with Crippen molar-refractivity contribution in [2.24, 2.45) is 0 Å². The summed E-state index contributed by atoms with van der Waals surface area (Å²) in [7, 11) is 0. The Labute approximate surface area is 207 Å². The van der Waals surface area contributed by atoms with E-state index in [1.165, 1.54) is 4.57 Å². The molecule has 0 aliphatic rings. The van der Waals surface area contributed by atoms with E-state index < -0.39 is 17.2 Å². The third kappa shape index (κ3) is 4.19. The molecule has 4 aromatic rings. The fraction of sp³-hybridized carbons (Fsp3) is 0.222. The van der Waals surface area contributed by atoms with Crippen molar-refractivity contribution >= 4 is 33.9 Å². The van der Waals surface area contributed by atoms with Gasteiger partial charge in [-0.1, -0.05) is 36.4 Å². The van der Waals surface area contributed by atoms with Gasteiger partial charge in [0, 0.05) is 17.6 Å². The second-order valence-corrected chi connectivity index (χ2v) is 8.62. The monoisotopic (exact) mass is 487 g/mol. The minimum absolute atomic E-state index is 0.102. The van der Waals surface area contributed by atoms with Crippen LogP contribution in [0.2, 0.25) is 0 Å². The zero-order valence-corrected chi connectivity index (χ0v) is 20.7. The molecule has 4 rings (SSSR count). The first-order valence-electron chi connectivity index (χ1n) is 11.6. The average Bonchev–Trinajstić information content (AvgIpc) is 2.87. The molecular formula is C27H29N5O4. The van der Waals surface area contributed by atoms with Gasteiger partial charge in [-0.2, -0.15) is 0 Å². The zero-order chi connectivity index (χ0) is 26.1. The molecule has 0 radical (unpaired) electrons. The number of benzene rings is 3. The molecule has 9 heteroatoms. The Hall–Kier alpha value is -4.53. The van der Waals surface area contributed by atoms with Gasteiger partial charge in [0.2, 0.25) is 0 Å². The molecule has 0 fully saturated rings. The summed E-state index contributed by atoms with van der Waals surface area (Å²) in [4.78, 5) is 39.2. The van der Waals surface area contributed by atoms with Gasteiger partial charge in [-0.3, -0.25) is 14.2 Å². The lowest BCUT2D eigenvalue weighted by atomic mass is 10.0. The Morgan fingerprint density at radius 3 is 2.42 bits per heavy atom. The molecule has 36 heavy (non-hydrogen) atoms. The molecule has 0 saturated heterocycles. The van der Waals surface area contributed by atoms with Crippen molar-refractivity contribution in [3.8, 4) is 11.4 Å². The number of amides is 1. The zero-order valence-electron chi connectivity index (χ0n) is 20.7. The molecule has 9 nitrogen and oxygen atoms in total. The van der Waals surface area contributed by atoms with E-state index in [0.29, 0.717) is 17.1 Å². The number of carbonyl (C=O) groups is 1. The Balaban J connectivity index is 1.73. The number of rotatable bonds is 6. The number of anilines is 3. The van der Waals surface area contributed by atoms with Crippen molar-refractivity contribution in [3.05, 3.63) is 86.1 Å². The van der Waals surface area contributed by atoms with Crippen molar-refractivity contribution in [1.29, 1.82) is 0 Å². The smallest absolute Gasteiger partial charge is 0.337 e. The highest BCUT2D eigenvalue weighted by atomic mass is 16.5. The van der Waals surface area contributed by atoms with Crippen LogP contribution < -0.4 is 32.8 Å². The van der Waals surface area contributed by atoms with E-state index in [4.69, 9.17) is 16.2 Å². The van der Waals surface area contributed by atoms with E-state index >= 15 is 0 Å². The first-order valence-corrected chi connectivity index (χ1v) is 11.6. The van der Waals surface area contributed by atoms with Crippen LogP contribution in [0.5, 0.6) is 5.75 Å². The third-order valence-corrected chi connectivity index (χ3v) is 6.43. The van der Waals surface area contributed by atoms with Gasteiger partial charge in [0.25, 0.3) is 11.5 Å². The summed E-state index contributed by atoms with van der Waals surface area (Å²) in [5.74, 6) is -0.222. The number of nitrogen functional groups attached to an aromatic ring is 2. The van der Waals surface area contributed by atoms with Crippen LogP contribution in [-0.2, 0) is 11.3 Å². The first kappa shape index (κ1) is 24.6. The van der Waals surface area contributed by atoms with Gasteiger partial charge in [-0.05, 0) is 61.9 Å². The summed E-state index contributed by atoms with van der Waals surface area (Å²) in [5.41, 5.74) is 14.7. The second-order valence-electron chi connectivity index (χ2n) is 8.62. The molecule has 0 atom stereocenters. The van der Waals surface area contributed by atoms with Gasteiger partial charge >= 0.3 is 5.69 Å². The molecule has 0 unspecified atom stereocenters. The highest BCUT2D eigenvalue weighted by molar-refractivity contribution is 5.95. The average molecular weight is 488 g/mol. The van der Waals surface area contributed by atoms with Crippen LogP contribution in [0.4, 0.5) is 17.2 Å². The highest BCUT2D eigenvalue weighted by Crippen LogP contribution is 2.29. The Kier molecular flexibility index (Phi) is 6.57. The lowest BCUT2D eigenvalue weighted by Crippen LogP contribution is -2.42. The summed E-state index contributed by atoms with van der Waals surface area (Å²) in [6.45, 7) is 7.02. The van der Waals surface area contributed by atoms with E-state index in [9.17, 15) is 14.4 Å². The number of nitrogens with zero attached hydrogens (tertiary/aromatic N) is 2. The number of hydrogen-bond donors (Lipinski definition) is 3. The molecule has 186 valence electrons. The number of fused-ring (bicyclic) bond motifs is 1. The van der Waals surface area contributed by atoms with Crippen molar-refractivity contribution in [2.75, 3.05) is 23.4 Å². The Morgan fingerprint density at radius 2 is 1.69 bits per heavy atom. The van der Waals surface area contributed by atoms with E-state index in [1.807, 2.05) is 51.1 Å². The second kappa shape index (κ2) is 9.61. The predicted molar refractivity (Wildman–Crippen MR) is 143 cm³/mol. The van der Waals surface area contributed by atoms with Crippen molar-refractivity contribution in [1.82, 2.24) is 9.13 Å². The maximum atomic E-state index is 13.3. The van der Waals surface area contributed by atoms with Crippen molar-refractivity contribution in [3.63, 3.8) is 0 Å². The van der Waals surface area contributed by atoms with E-state index in [0.717, 1.165) is 32.0 Å². The molecule has 1 aromatic heterocycles. The summed E-state index contributed by atoms with van der Waals surface area (Å²) in [6, 6.07) is 14.8. The standard InChI is InChI=1S/C27H29N5O4/c1-5-31-26(34)24(30-22(33)14-36-21-13-15(2)23(28)17(4)16(21)3)25(29)32(27(31)35)20-12-8-10-18-9-6-7-11-19(18)20/h6-13H,5,14,28-29H2,1-4H3,(H,30,33). The molecular weight excluding hydrogens is 458 g/mol. The fourth-order valence-corrected chi connectivity index (χ4v) is 4.23. The van der Waals surface area contributed by atoms with E-state index in [1.54, 1.807) is 25.1 Å². The SMILES string of the molecule is CCn1c(=O)c(NC(=O)COc2cc(C)c(N)c(C)c2C)c(N)n(-c2cccc3ccccc23)c1=O. The molecule has 5 N–H and O–H groups in total. The largest absolute Gasteiger partial charge is 0.483 e. The first-order chi connectivity index (χ1) is 17.1. The fourth-order valence-electron chi connectivity index (χ4n) is 4.23. The molecule has 1 heterocycles. The Bertz CT molecular complexity index is 1610. The number of aryl methyl sites for hydroxylation is 1. The number of nitrogens with one attached hydrogen (secondary N) is 1. The number of carbonyl (C=O) groups excluding carboxylic acids is 1. The normalized spacial score (nSPS) is 11.0. The predicted octanol–water partition coefficient (Wildman–Crippen LogP) is 3.28. The quantitative estimate of drug-likeness (QED) is 0.357. The summed E-state index contributed by atoms with van der Waals surface area (Å²) < 4.78 is 8.02. The number of hydrogen-bond acceptors (Lipinski definition) is 6. The lowest BCUT2D eigenvalue weighted by Gasteiger charge is -2.18. The van der Waals surface area contributed by atoms with Crippen LogP contribution in [0, 0.1) is 20.8 Å². The van der Waals surface area contributed by atoms with Crippen LogP contribution >= 0.6 is 0 Å². The lowest BCUT2D eigenvalue weighted by molar-refractivity contribution is -0.118. The molecule has 0 aliphatic carbocycles. The Morgan fingerprint density at radius 1 is 1.00 bits per heavy atom. The van der Waals surface area contributed by atoms with Gasteiger partial charge in [0.15, 0.2) is 6.61 Å².